The molecule has 2 saturated carbocycles. The van der Waals surface area contributed by atoms with Gasteiger partial charge in [0.05, 0.1) is 5.92 Å². The lowest BCUT2D eigenvalue weighted by atomic mass is 9.74. The van der Waals surface area contributed by atoms with Crippen molar-refractivity contribution in [2.24, 2.45) is 11.7 Å². The highest BCUT2D eigenvalue weighted by atomic mass is 35.5. The second-order valence-corrected chi connectivity index (χ2v) is 7.67. The van der Waals surface area contributed by atoms with E-state index >= 15 is 0 Å². The standard InChI is InChI=1S/C15H28N2OS.ClH/c1-15(16)9-4-3-8-13(15)14(18)17-11-6-5-7-12(10-11)19-2;/h11-13H,3-10,16H2,1-2H3,(H,17,18);1H. The first kappa shape index (κ1) is 18.1. The molecule has 0 aromatic rings. The third kappa shape index (κ3) is 4.54. The van der Waals surface area contributed by atoms with Crippen LogP contribution >= 0.6 is 24.2 Å². The van der Waals surface area contributed by atoms with Crippen molar-refractivity contribution < 1.29 is 4.79 Å². The van der Waals surface area contributed by atoms with E-state index in [1.807, 2.05) is 18.7 Å². The van der Waals surface area contributed by atoms with Crippen molar-refractivity contribution in [2.45, 2.75) is 75.1 Å². The Hall–Kier alpha value is 0.0700. The van der Waals surface area contributed by atoms with Gasteiger partial charge >= 0.3 is 0 Å². The maximum absolute atomic E-state index is 12.5. The van der Waals surface area contributed by atoms with Gasteiger partial charge in [0.15, 0.2) is 0 Å². The minimum Gasteiger partial charge on any atom is -0.353 e. The Morgan fingerprint density at radius 2 is 2.00 bits per heavy atom. The fourth-order valence-corrected chi connectivity index (χ4v) is 4.41. The second kappa shape index (κ2) is 7.90. The van der Waals surface area contributed by atoms with Crippen molar-refractivity contribution in [1.82, 2.24) is 5.32 Å². The zero-order chi connectivity index (χ0) is 13.9. The lowest BCUT2D eigenvalue weighted by molar-refractivity contribution is -0.129. The summed E-state index contributed by atoms with van der Waals surface area (Å²) in [6.45, 7) is 2.04. The van der Waals surface area contributed by atoms with Gasteiger partial charge in [-0.05, 0) is 45.3 Å². The molecule has 0 saturated heterocycles. The van der Waals surface area contributed by atoms with Gasteiger partial charge in [-0.15, -0.1) is 12.4 Å². The lowest BCUT2D eigenvalue weighted by Crippen LogP contribution is -2.54. The molecule has 20 heavy (non-hydrogen) atoms. The van der Waals surface area contributed by atoms with E-state index in [1.165, 1.54) is 12.8 Å². The molecule has 0 spiro atoms. The highest BCUT2D eigenvalue weighted by molar-refractivity contribution is 7.99. The van der Waals surface area contributed by atoms with Gasteiger partial charge < -0.3 is 11.1 Å². The first-order valence-corrected chi connectivity index (χ1v) is 8.94. The van der Waals surface area contributed by atoms with Gasteiger partial charge in [-0.25, -0.2) is 0 Å². The number of rotatable bonds is 3. The van der Waals surface area contributed by atoms with Crippen LogP contribution in [0, 0.1) is 5.92 Å². The van der Waals surface area contributed by atoms with Crippen LogP contribution in [0.25, 0.3) is 0 Å². The second-order valence-electron chi connectivity index (χ2n) is 6.53. The fourth-order valence-electron chi connectivity index (χ4n) is 3.58. The molecule has 2 aliphatic carbocycles. The average Bonchev–Trinajstić information content (AvgIpc) is 2.38. The van der Waals surface area contributed by atoms with Crippen LogP contribution < -0.4 is 11.1 Å². The number of thioether (sulfide) groups is 1. The summed E-state index contributed by atoms with van der Waals surface area (Å²) in [6, 6.07) is 0.372. The molecule has 0 aliphatic heterocycles. The highest BCUT2D eigenvalue weighted by Gasteiger charge is 2.38. The van der Waals surface area contributed by atoms with Gasteiger partial charge in [0, 0.05) is 16.8 Å². The summed E-state index contributed by atoms with van der Waals surface area (Å²) < 4.78 is 0. The van der Waals surface area contributed by atoms with E-state index in [1.54, 1.807) is 0 Å². The van der Waals surface area contributed by atoms with Crippen molar-refractivity contribution in [3.8, 4) is 0 Å². The molecule has 0 aromatic carbocycles. The molecule has 2 aliphatic rings. The number of hydrogen-bond donors (Lipinski definition) is 2. The first-order valence-electron chi connectivity index (χ1n) is 7.65. The van der Waals surface area contributed by atoms with Crippen LogP contribution in [0.2, 0.25) is 0 Å². The fraction of sp³-hybridized carbons (Fsp3) is 0.933. The molecule has 1 amide bonds. The summed E-state index contributed by atoms with van der Waals surface area (Å²) in [4.78, 5) is 12.5. The predicted octanol–water partition coefficient (Wildman–Crippen LogP) is 3.11. The molecule has 3 nitrogen and oxygen atoms in total. The Kier molecular flexibility index (Phi) is 7.16. The number of nitrogens with one attached hydrogen (secondary N) is 1. The zero-order valence-corrected chi connectivity index (χ0v) is 14.3. The van der Waals surface area contributed by atoms with Gasteiger partial charge in [-0.1, -0.05) is 19.3 Å². The molecule has 5 heteroatoms. The number of carbonyl (C=O) groups is 1. The third-order valence-electron chi connectivity index (χ3n) is 4.88. The topological polar surface area (TPSA) is 55.1 Å². The number of nitrogens with two attached hydrogens (primary N) is 1. The van der Waals surface area contributed by atoms with Crippen molar-refractivity contribution in [3.05, 3.63) is 0 Å². The number of hydrogen-bond acceptors (Lipinski definition) is 3. The van der Waals surface area contributed by atoms with E-state index in [9.17, 15) is 4.79 Å². The largest absolute Gasteiger partial charge is 0.353 e. The normalized spacial score (nSPS) is 37.9. The van der Waals surface area contributed by atoms with E-state index in [2.05, 4.69) is 11.6 Å². The van der Waals surface area contributed by atoms with Gasteiger partial charge in [0.2, 0.25) is 5.91 Å². The van der Waals surface area contributed by atoms with E-state index in [0.29, 0.717) is 6.04 Å². The van der Waals surface area contributed by atoms with Gasteiger partial charge in [0.25, 0.3) is 0 Å². The molecular weight excluding hydrogens is 292 g/mol. The molecule has 118 valence electrons. The smallest absolute Gasteiger partial charge is 0.225 e. The Morgan fingerprint density at radius 1 is 1.25 bits per heavy atom. The van der Waals surface area contributed by atoms with Crippen LogP contribution in [0.3, 0.4) is 0 Å². The molecule has 0 bridgehead atoms. The molecule has 4 atom stereocenters. The zero-order valence-electron chi connectivity index (χ0n) is 12.7. The maximum Gasteiger partial charge on any atom is 0.225 e. The predicted molar refractivity (Wildman–Crippen MR) is 89.5 cm³/mol. The number of amides is 1. The number of halogens is 1. The van der Waals surface area contributed by atoms with Gasteiger partial charge in [-0.3, -0.25) is 4.79 Å². The minimum atomic E-state index is -0.310. The third-order valence-corrected chi connectivity index (χ3v) is 5.97. The molecule has 0 radical (unpaired) electrons. The van der Waals surface area contributed by atoms with Crippen LogP contribution in [0.15, 0.2) is 0 Å². The lowest BCUT2D eigenvalue weighted by Gasteiger charge is -2.38. The molecule has 3 N–H and O–H groups in total. The van der Waals surface area contributed by atoms with Crippen molar-refractivity contribution in [2.75, 3.05) is 6.26 Å². The van der Waals surface area contributed by atoms with Crippen molar-refractivity contribution in [1.29, 1.82) is 0 Å². The summed E-state index contributed by atoms with van der Waals surface area (Å²) >= 11 is 1.94. The van der Waals surface area contributed by atoms with E-state index in [-0.39, 0.29) is 29.8 Å². The summed E-state index contributed by atoms with van der Waals surface area (Å²) in [5, 5.41) is 3.99. The first-order chi connectivity index (χ1) is 9.03. The molecule has 0 heterocycles. The SMILES string of the molecule is CSC1CCCC(NC(=O)C2CCCCC2(C)N)C1.Cl. The molecule has 0 aromatic heterocycles. The van der Waals surface area contributed by atoms with E-state index in [4.69, 9.17) is 5.73 Å². The Bertz CT molecular complexity index is 325. The summed E-state index contributed by atoms with van der Waals surface area (Å²) in [6.07, 6.45) is 11.2. The quantitative estimate of drug-likeness (QED) is 0.840. The Labute approximate surface area is 133 Å². The summed E-state index contributed by atoms with van der Waals surface area (Å²) in [5.41, 5.74) is 6.01. The van der Waals surface area contributed by atoms with Gasteiger partial charge in [0.1, 0.15) is 0 Å². The summed E-state index contributed by atoms with van der Waals surface area (Å²) in [7, 11) is 0. The molecule has 4 unspecified atom stereocenters. The highest BCUT2D eigenvalue weighted by Crippen LogP contribution is 2.33. The van der Waals surface area contributed by atoms with Crippen molar-refractivity contribution >= 4 is 30.1 Å². The maximum atomic E-state index is 12.5. The van der Waals surface area contributed by atoms with Crippen molar-refractivity contribution in [3.63, 3.8) is 0 Å². The van der Waals surface area contributed by atoms with Crippen LogP contribution in [0.4, 0.5) is 0 Å². The van der Waals surface area contributed by atoms with E-state index < -0.39 is 0 Å². The average molecular weight is 321 g/mol. The monoisotopic (exact) mass is 320 g/mol. The van der Waals surface area contributed by atoms with Crippen LogP contribution in [0.5, 0.6) is 0 Å². The van der Waals surface area contributed by atoms with Crippen LogP contribution in [-0.2, 0) is 4.79 Å². The van der Waals surface area contributed by atoms with Gasteiger partial charge in [-0.2, -0.15) is 11.8 Å². The molecular formula is C15H29ClN2OS. The van der Waals surface area contributed by atoms with Crippen LogP contribution in [0.1, 0.15) is 58.3 Å². The van der Waals surface area contributed by atoms with E-state index in [0.717, 1.165) is 43.8 Å². The van der Waals surface area contributed by atoms with Crippen LogP contribution in [-0.4, -0.2) is 29.0 Å². The Balaban J connectivity index is 0.00000200. The Morgan fingerprint density at radius 3 is 2.65 bits per heavy atom. The molecule has 2 rings (SSSR count). The minimum absolute atomic E-state index is 0. The molecule has 2 fully saturated rings. The summed E-state index contributed by atoms with van der Waals surface area (Å²) in [5.74, 6) is 0.215. The number of carbonyl (C=O) groups excluding carboxylic acids is 1.